The lowest BCUT2D eigenvalue weighted by atomic mass is 9.78. The summed E-state index contributed by atoms with van der Waals surface area (Å²) in [6, 6.07) is 14.6. The molecule has 8 nitrogen and oxygen atoms in total. The summed E-state index contributed by atoms with van der Waals surface area (Å²) in [5, 5.41) is 10.9. The first kappa shape index (κ1) is 24.9. The van der Waals surface area contributed by atoms with Crippen molar-refractivity contribution < 1.29 is 29.0 Å². The second-order valence-corrected chi connectivity index (χ2v) is 10.4. The first-order chi connectivity index (χ1) is 18.5. The number of ether oxygens (including phenoxy) is 2. The number of esters is 1. The molecule has 6 rings (SSSR count). The molecular weight excluding hydrogens is 508 g/mol. The van der Waals surface area contributed by atoms with Crippen LogP contribution in [0.1, 0.15) is 5.56 Å². The van der Waals surface area contributed by atoms with Crippen LogP contribution in [0.3, 0.4) is 0 Å². The van der Waals surface area contributed by atoms with E-state index in [1.54, 1.807) is 48.6 Å². The van der Waals surface area contributed by atoms with Gasteiger partial charge in [-0.15, -0.1) is 0 Å². The number of anilines is 1. The van der Waals surface area contributed by atoms with Gasteiger partial charge < -0.3 is 24.4 Å². The van der Waals surface area contributed by atoms with Crippen LogP contribution in [0.2, 0.25) is 5.02 Å². The summed E-state index contributed by atoms with van der Waals surface area (Å²) < 4.78 is 11.9. The molecule has 1 unspecified atom stereocenters. The molecule has 2 aromatic carbocycles. The number of carbonyl (C=O) groups excluding carboxylic acids is 3. The van der Waals surface area contributed by atoms with Gasteiger partial charge in [0.25, 0.3) is 5.91 Å². The number of aliphatic hydroxyl groups is 1. The number of rotatable bonds is 5. The highest BCUT2D eigenvalue weighted by Crippen LogP contribution is 2.54. The molecular formula is C29H27ClN2O6. The van der Waals surface area contributed by atoms with Gasteiger partial charge in [-0.25, -0.2) is 0 Å². The smallest absolute Gasteiger partial charge is 0.313 e. The molecule has 2 amide bonds. The van der Waals surface area contributed by atoms with Gasteiger partial charge in [0.05, 0.1) is 35.4 Å². The Morgan fingerprint density at radius 1 is 1.03 bits per heavy atom. The first-order valence-corrected chi connectivity index (χ1v) is 13.1. The Hall–Kier alpha value is -3.46. The monoisotopic (exact) mass is 534 g/mol. The van der Waals surface area contributed by atoms with E-state index in [0.29, 0.717) is 17.1 Å². The highest BCUT2D eigenvalue weighted by Gasteiger charge is 2.72. The maximum absolute atomic E-state index is 14.4. The third-order valence-corrected chi connectivity index (χ3v) is 8.23. The van der Waals surface area contributed by atoms with Gasteiger partial charge in [0.2, 0.25) is 5.91 Å². The molecule has 4 aliphatic heterocycles. The lowest BCUT2D eigenvalue weighted by Gasteiger charge is -2.38. The fourth-order valence-electron chi connectivity index (χ4n) is 6.33. The number of para-hydroxylation sites is 1. The number of likely N-dealkylation sites (tertiary alicyclic amines) is 1. The van der Waals surface area contributed by atoms with E-state index in [4.69, 9.17) is 21.1 Å². The molecule has 0 radical (unpaired) electrons. The van der Waals surface area contributed by atoms with Crippen molar-refractivity contribution in [3.05, 3.63) is 89.5 Å². The highest BCUT2D eigenvalue weighted by atomic mass is 35.5. The average molecular weight is 535 g/mol. The van der Waals surface area contributed by atoms with Crippen LogP contribution in [0.5, 0.6) is 0 Å². The van der Waals surface area contributed by atoms with Gasteiger partial charge in [0.15, 0.2) is 0 Å². The Bertz CT molecular complexity index is 1330. The van der Waals surface area contributed by atoms with Crippen LogP contribution in [0.4, 0.5) is 5.69 Å². The van der Waals surface area contributed by atoms with Gasteiger partial charge in [0, 0.05) is 6.54 Å². The lowest BCUT2D eigenvalue weighted by Crippen LogP contribution is -2.58. The number of aliphatic hydroxyl groups excluding tert-OH is 1. The maximum Gasteiger partial charge on any atom is 0.313 e. The molecule has 6 atom stereocenters. The molecule has 0 aliphatic carbocycles. The zero-order valence-corrected chi connectivity index (χ0v) is 21.2. The summed E-state index contributed by atoms with van der Waals surface area (Å²) in [4.78, 5) is 44.8. The fraction of sp³-hybridized carbons (Fsp3) is 0.345. The minimum Gasteiger partial charge on any atom is -0.461 e. The normalized spacial score (nSPS) is 30.8. The van der Waals surface area contributed by atoms with Crippen molar-refractivity contribution in [3.63, 3.8) is 0 Å². The summed E-state index contributed by atoms with van der Waals surface area (Å²) in [7, 11) is 0. The van der Waals surface area contributed by atoms with Crippen molar-refractivity contribution in [2.45, 2.75) is 30.2 Å². The highest BCUT2D eigenvalue weighted by molar-refractivity contribution is 6.34. The SMILES string of the molecule is O=C1OCC=C[C@@H]2O[C@]34C=CCN(c5ccccc5Cl)C(=O)C3N([C@@H](CO)Cc3ccccc3)C(=O)[C@@H]4[C@H]12. The van der Waals surface area contributed by atoms with Gasteiger partial charge in [0.1, 0.15) is 24.2 Å². The van der Waals surface area contributed by atoms with Gasteiger partial charge in [-0.05, 0) is 30.2 Å². The summed E-state index contributed by atoms with van der Waals surface area (Å²) >= 11 is 6.49. The van der Waals surface area contributed by atoms with E-state index in [9.17, 15) is 19.5 Å². The fourth-order valence-corrected chi connectivity index (χ4v) is 6.56. The average Bonchev–Trinajstić information content (AvgIpc) is 3.23. The third-order valence-electron chi connectivity index (χ3n) is 7.91. The lowest BCUT2D eigenvalue weighted by molar-refractivity contribution is -0.153. The molecule has 4 heterocycles. The largest absolute Gasteiger partial charge is 0.461 e. The Kier molecular flexibility index (Phi) is 6.34. The summed E-state index contributed by atoms with van der Waals surface area (Å²) in [6.45, 7) is -0.0724. The number of halogens is 1. The van der Waals surface area contributed by atoms with Crippen LogP contribution in [0.25, 0.3) is 0 Å². The van der Waals surface area contributed by atoms with E-state index in [1.165, 1.54) is 9.80 Å². The van der Waals surface area contributed by atoms with Crippen molar-refractivity contribution in [2.24, 2.45) is 11.8 Å². The number of nitrogens with zero attached hydrogens (tertiary/aromatic N) is 2. The number of hydrogen-bond donors (Lipinski definition) is 1. The Morgan fingerprint density at radius 2 is 1.79 bits per heavy atom. The summed E-state index contributed by atoms with van der Waals surface area (Å²) in [5.74, 6) is -3.23. The van der Waals surface area contributed by atoms with E-state index >= 15 is 0 Å². The number of benzene rings is 2. The van der Waals surface area contributed by atoms with Gasteiger partial charge in [-0.2, -0.15) is 0 Å². The Morgan fingerprint density at radius 3 is 2.55 bits per heavy atom. The molecule has 38 heavy (non-hydrogen) atoms. The van der Waals surface area contributed by atoms with Gasteiger partial charge in [-0.3, -0.25) is 14.4 Å². The van der Waals surface area contributed by atoms with Crippen LogP contribution in [-0.4, -0.2) is 71.3 Å². The number of carbonyl (C=O) groups is 3. The topological polar surface area (TPSA) is 96.4 Å². The maximum atomic E-state index is 14.4. The van der Waals surface area contributed by atoms with E-state index in [0.717, 1.165) is 5.56 Å². The zero-order valence-electron chi connectivity index (χ0n) is 20.5. The number of hydrogen-bond acceptors (Lipinski definition) is 6. The second-order valence-electron chi connectivity index (χ2n) is 9.97. The molecule has 2 saturated heterocycles. The minimum absolute atomic E-state index is 0.0958. The third kappa shape index (κ3) is 3.78. The summed E-state index contributed by atoms with van der Waals surface area (Å²) in [5.41, 5.74) is -0.00268. The predicted octanol–water partition coefficient (Wildman–Crippen LogP) is 2.54. The quantitative estimate of drug-likeness (QED) is 0.468. The molecule has 0 saturated carbocycles. The number of cyclic esters (lactones) is 1. The van der Waals surface area contributed by atoms with Gasteiger partial charge >= 0.3 is 5.97 Å². The summed E-state index contributed by atoms with van der Waals surface area (Å²) in [6.07, 6.45) is 6.58. The molecule has 4 aliphatic rings. The van der Waals surface area contributed by atoms with Crippen molar-refractivity contribution in [1.82, 2.24) is 4.90 Å². The zero-order chi connectivity index (χ0) is 26.4. The van der Waals surface area contributed by atoms with Crippen LogP contribution in [0, 0.1) is 11.8 Å². The first-order valence-electron chi connectivity index (χ1n) is 12.7. The van der Waals surface area contributed by atoms with Gasteiger partial charge in [-0.1, -0.05) is 72.3 Å². The molecule has 9 heteroatoms. The Balaban J connectivity index is 1.49. The minimum atomic E-state index is -1.41. The van der Waals surface area contributed by atoms with Crippen molar-refractivity contribution >= 4 is 35.1 Å². The molecule has 0 aromatic heterocycles. The second kappa shape index (κ2) is 9.69. The molecule has 0 bridgehead atoms. The van der Waals surface area contributed by atoms with E-state index in [1.807, 2.05) is 30.3 Å². The van der Waals surface area contributed by atoms with Crippen LogP contribution in [-0.2, 0) is 30.3 Å². The van der Waals surface area contributed by atoms with Crippen molar-refractivity contribution in [3.8, 4) is 0 Å². The van der Waals surface area contributed by atoms with Crippen molar-refractivity contribution in [1.29, 1.82) is 0 Å². The van der Waals surface area contributed by atoms with Crippen LogP contribution >= 0.6 is 11.6 Å². The van der Waals surface area contributed by atoms with Crippen molar-refractivity contribution in [2.75, 3.05) is 24.7 Å². The molecule has 2 fully saturated rings. The van der Waals surface area contributed by atoms with Crippen LogP contribution < -0.4 is 4.90 Å². The molecule has 196 valence electrons. The van der Waals surface area contributed by atoms with E-state index in [-0.39, 0.29) is 25.7 Å². The van der Waals surface area contributed by atoms with E-state index < -0.39 is 47.5 Å². The standard InChI is InChI=1S/C29H27ClN2O6/c30-20-10-4-5-11-21(20)31-14-7-13-29-24(23-22(38-29)12-6-15-37-28(23)36)26(34)32(25(29)27(31)35)19(17-33)16-18-8-2-1-3-9-18/h1-13,19,22-25,33H,14-17H2/t19-,22+,23-,24+,25?,29+/m1/s1. The number of amides is 2. The molecule has 2 aromatic rings. The number of fused-ring (bicyclic) bond motifs is 2. The molecule has 1 N–H and O–H groups in total. The van der Waals surface area contributed by atoms with Crippen LogP contribution in [0.15, 0.2) is 78.9 Å². The Labute approximate surface area is 225 Å². The molecule has 1 spiro atoms. The van der Waals surface area contributed by atoms with E-state index in [2.05, 4.69) is 0 Å². The predicted molar refractivity (Wildman–Crippen MR) is 139 cm³/mol.